The fraction of sp³-hybridized carbons (Fsp3) is 0.0612. The number of fused-ring (bicyclic) bond motifs is 9. The predicted octanol–water partition coefficient (Wildman–Crippen LogP) is 13.6. The molecular formula is C49H34. The van der Waals surface area contributed by atoms with Crippen LogP contribution in [0.5, 0.6) is 0 Å². The van der Waals surface area contributed by atoms with Gasteiger partial charge in [0.2, 0.25) is 0 Å². The Morgan fingerprint density at radius 1 is 0.347 bits per heavy atom. The fourth-order valence-electron chi connectivity index (χ4n) is 8.80. The number of hydrogen-bond acceptors (Lipinski definition) is 0. The highest BCUT2D eigenvalue weighted by atomic mass is 14.4. The Bertz CT molecular complexity index is 2760. The Morgan fingerprint density at radius 3 is 1.76 bits per heavy atom. The summed E-state index contributed by atoms with van der Waals surface area (Å²) in [6.07, 6.45) is 0. The molecule has 0 N–H and O–H groups in total. The van der Waals surface area contributed by atoms with E-state index >= 15 is 0 Å². The second kappa shape index (κ2) is 10.5. The van der Waals surface area contributed by atoms with Gasteiger partial charge in [-0.3, -0.25) is 0 Å². The van der Waals surface area contributed by atoms with Crippen LogP contribution in [0.1, 0.15) is 25.0 Å². The fourth-order valence-corrected chi connectivity index (χ4v) is 8.80. The average molecular weight is 623 g/mol. The zero-order chi connectivity index (χ0) is 32.7. The minimum Gasteiger partial charge on any atom is -0.0622 e. The summed E-state index contributed by atoms with van der Waals surface area (Å²) in [6, 6.07) is 63.0. The smallest absolute Gasteiger partial charge is 0.0165 e. The second-order valence-corrected chi connectivity index (χ2v) is 14.0. The summed E-state index contributed by atoms with van der Waals surface area (Å²) in [6.45, 7) is 4.73. The Morgan fingerprint density at radius 2 is 0.939 bits per heavy atom. The van der Waals surface area contributed by atoms with Crippen molar-refractivity contribution in [2.75, 3.05) is 0 Å². The number of benzene rings is 9. The van der Waals surface area contributed by atoms with E-state index in [9.17, 15) is 0 Å². The third-order valence-corrected chi connectivity index (χ3v) is 11.0. The molecule has 0 saturated heterocycles. The van der Waals surface area contributed by atoms with Crippen molar-refractivity contribution in [3.05, 3.63) is 181 Å². The number of rotatable bonds is 3. The molecule has 0 heteroatoms. The van der Waals surface area contributed by atoms with Crippen molar-refractivity contribution in [3.8, 4) is 44.5 Å². The SMILES string of the molecule is CC1(C)c2ccccc2-c2ccc3cc(-c4ccc(-c5c6ccccc6c(-c6ccccc6)c6c5ccc5ccccc56)cc4)ccc3c21. The summed E-state index contributed by atoms with van der Waals surface area (Å²) in [7, 11) is 0. The molecule has 0 heterocycles. The molecule has 0 aliphatic heterocycles. The van der Waals surface area contributed by atoms with E-state index in [1.54, 1.807) is 0 Å². The molecule has 0 bridgehead atoms. The monoisotopic (exact) mass is 622 g/mol. The van der Waals surface area contributed by atoms with Gasteiger partial charge >= 0.3 is 0 Å². The van der Waals surface area contributed by atoms with Crippen molar-refractivity contribution < 1.29 is 0 Å². The molecule has 49 heavy (non-hydrogen) atoms. The van der Waals surface area contributed by atoms with Crippen molar-refractivity contribution in [1.82, 2.24) is 0 Å². The van der Waals surface area contributed by atoms with Gasteiger partial charge < -0.3 is 0 Å². The quantitative estimate of drug-likeness (QED) is 0.136. The van der Waals surface area contributed by atoms with Gasteiger partial charge in [0.05, 0.1) is 0 Å². The highest BCUT2D eigenvalue weighted by Crippen LogP contribution is 2.51. The maximum Gasteiger partial charge on any atom is 0.0165 e. The van der Waals surface area contributed by atoms with Gasteiger partial charge in [-0.25, -0.2) is 0 Å². The van der Waals surface area contributed by atoms with Gasteiger partial charge in [0.1, 0.15) is 0 Å². The van der Waals surface area contributed by atoms with Gasteiger partial charge in [-0.1, -0.05) is 178 Å². The van der Waals surface area contributed by atoms with Crippen LogP contribution in [-0.2, 0) is 5.41 Å². The van der Waals surface area contributed by atoms with E-state index in [-0.39, 0.29) is 5.41 Å². The summed E-state index contributed by atoms with van der Waals surface area (Å²) in [5.41, 5.74) is 13.1. The highest BCUT2D eigenvalue weighted by Gasteiger charge is 2.36. The summed E-state index contributed by atoms with van der Waals surface area (Å²) in [4.78, 5) is 0. The van der Waals surface area contributed by atoms with E-state index in [2.05, 4.69) is 184 Å². The first kappa shape index (κ1) is 28.1. The Balaban J connectivity index is 1.14. The number of hydrogen-bond donors (Lipinski definition) is 0. The van der Waals surface area contributed by atoms with Gasteiger partial charge in [0.25, 0.3) is 0 Å². The van der Waals surface area contributed by atoms with Crippen molar-refractivity contribution in [3.63, 3.8) is 0 Å². The Hall–Kier alpha value is -5.98. The van der Waals surface area contributed by atoms with Crippen molar-refractivity contribution >= 4 is 43.1 Å². The molecule has 230 valence electrons. The molecule has 0 fully saturated rings. The molecule has 0 amide bonds. The van der Waals surface area contributed by atoms with E-state index in [1.165, 1.54) is 98.7 Å². The molecule has 0 aromatic heterocycles. The Kier molecular flexibility index (Phi) is 6.02. The van der Waals surface area contributed by atoms with Crippen LogP contribution >= 0.6 is 0 Å². The molecule has 0 atom stereocenters. The topological polar surface area (TPSA) is 0 Å². The molecule has 9 aromatic rings. The molecule has 0 nitrogen and oxygen atoms in total. The Labute approximate surface area is 286 Å². The van der Waals surface area contributed by atoms with Crippen LogP contribution in [-0.4, -0.2) is 0 Å². The van der Waals surface area contributed by atoms with Crippen LogP contribution in [0, 0.1) is 0 Å². The van der Waals surface area contributed by atoms with Crippen molar-refractivity contribution in [2.45, 2.75) is 19.3 Å². The van der Waals surface area contributed by atoms with Crippen LogP contribution < -0.4 is 0 Å². The second-order valence-electron chi connectivity index (χ2n) is 14.0. The van der Waals surface area contributed by atoms with Crippen molar-refractivity contribution in [2.24, 2.45) is 0 Å². The molecule has 0 radical (unpaired) electrons. The van der Waals surface area contributed by atoms with Gasteiger partial charge in [-0.05, 0) is 105 Å². The lowest BCUT2D eigenvalue weighted by Gasteiger charge is -2.23. The summed E-state index contributed by atoms with van der Waals surface area (Å²) < 4.78 is 0. The molecule has 1 aliphatic carbocycles. The first-order valence-electron chi connectivity index (χ1n) is 17.3. The van der Waals surface area contributed by atoms with Crippen LogP contribution in [0.3, 0.4) is 0 Å². The van der Waals surface area contributed by atoms with Crippen LogP contribution in [0.4, 0.5) is 0 Å². The minimum absolute atomic E-state index is 0.0263. The summed E-state index contributed by atoms with van der Waals surface area (Å²) in [5, 5.41) is 10.4. The van der Waals surface area contributed by atoms with Gasteiger partial charge in [-0.2, -0.15) is 0 Å². The highest BCUT2D eigenvalue weighted by molar-refractivity contribution is 6.27. The van der Waals surface area contributed by atoms with Gasteiger partial charge in [0, 0.05) is 5.41 Å². The molecule has 0 unspecified atom stereocenters. The van der Waals surface area contributed by atoms with Gasteiger partial charge in [0.15, 0.2) is 0 Å². The minimum atomic E-state index is -0.0263. The molecular weight excluding hydrogens is 589 g/mol. The molecule has 0 spiro atoms. The molecule has 9 aromatic carbocycles. The normalized spacial score (nSPS) is 13.3. The average Bonchev–Trinajstić information content (AvgIpc) is 3.40. The van der Waals surface area contributed by atoms with E-state index in [4.69, 9.17) is 0 Å². The van der Waals surface area contributed by atoms with E-state index in [0.717, 1.165) is 0 Å². The summed E-state index contributed by atoms with van der Waals surface area (Å²) in [5.74, 6) is 0. The third kappa shape index (κ3) is 4.11. The maximum atomic E-state index is 2.37. The standard InChI is InChI=1S/C49H34/c1-49(2)44-19-11-10-16-39(44)42-28-26-36-30-35(25-27-38(36)48(42)49)31-20-22-34(23-21-31)45-40-17-8-9-18-41(40)46(33-13-4-3-5-14-33)47-37-15-7-6-12-32(37)24-29-43(45)47/h3-30H,1-2H3. The zero-order valence-electron chi connectivity index (χ0n) is 27.7. The van der Waals surface area contributed by atoms with E-state index in [0.29, 0.717) is 0 Å². The molecule has 0 saturated carbocycles. The third-order valence-electron chi connectivity index (χ3n) is 11.0. The summed E-state index contributed by atoms with van der Waals surface area (Å²) >= 11 is 0. The molecule has 1 aliphatic rings. The molecule has 10 rings (SSSR count). The first-order chi connectivity index (χ1) is 24.1. The largest absolute Gasteiger partial charge is 0.0622 e. The lowest BCUT2D eigenvalue weighted by atomic mass is 9.80. The van der Waals surface area contributed by atoms with Crippen LogP contribution in [0.25, 0.3) is 87.6 Å². The van der Waals surface area contributed by atoms with E-state index in [1.807, 2.05) is 0 Å². The lowest BCUT2D eigenvalue weighted by molar-refractivity contribution is 0.666. The lowest BCUT2D eigenvalue weighted by Crippen LogP contribution is -2.15. The maximum absolute atomic E-state index is 2.37. The van der Waals surface area contributed by atoms with Crippen LogP contribution in [0.2, 0.25) is 0 Å². The van der Waals surface area contributed by atoms with Crippen LogP contribution in [0.15, 0.2) is 170 Å². The predicted molar refractivity (Wildman–Crippen MR) is 210 cm³/mol. The first-order valence-corrected chi connectivity index (χ1v) is 17.3. The van der Waals surface area contributed by atoms with Crippen molar-refractivity contribution in [1.29, 1.82) is 0 Å². The van der Waals surface area contributed by atoms with Gasteiger partial charge in [-0.15, -0.1) is 0 Å². The zero-order valence-corrected chi connectivity index (χ0v) is 27.7. The van der Waals surface area contributed by atoms with E-state index < -0.39 is 0 Å².